The average molecular weight is 391 g/mol. The van der Waals surface area contributed by atoms with Crippen molar-refractivity contribution in [1.82, 2.24) is 4.57 Å². The highest BCUT2D eigenvalue weighted by molar-refractivity contribution is 7.16. The number of hydrogen-bond donors (Lipinski definition) is 0. The number of carbonyl (C=O) groups is 1. The lowest BCUT2D eigenvalue weighted by Crippen LogP contribution is -2.16. The van der Waals surface area contributed by atoms with Crippen molar-refractivity contribution < 1.29 is 9.72 Å². The molecule has 0 radical (unpaired) electrons. The fraction of sp³-hybridized carbons (Fsp3) is 0.143. The van der Waals surface area contributed by atoms with Crippen molar-refractivity contribution in [3.63, 3.8) is 0 Å². The van der Waals surface area contributed by atoms with Crippen LogP contribution in [0.1, 0.15) is 16.7 Å². The molecule has 0 aliphatic heterocycles. The molecule has 3 rings (SSSR count). The Kier molecular flexibility index (Phi) is 5.52. The van der Waals surface area contributed by atoms with Gasteiger partial charge in [-0.2, -0.15) is 4.99 Å². The van der Waals surface area contributed by atoms with E-state index in [0.717, 1.165) is 21.3 Å². The van der Waals surface area contributed by atoms with Crippen LogP contribution in [0, 0.1) is 36.3 Å². The summed E-state index contributed by atoms with van der Waals surface area (Å²) in [6, 6.07) is 10.2. The number of nitro groups is 1. The minimum Gasteiger partial charge on any atom is -0.304 e. The van der Waals surface area contributed by atoms with Gasteiger partial charge in [0.05, 0.1) is 21.7 Å². The summed E-state index contributed by atoms with van der Waals surface area (Å²) in [6.45, 7) is 4.33. The molecule has 0 N–H and O–H groups in total. The highest BCUT2D eigenvalue weighted by Crippen LogP contribution is 2.23. The zero-order valence-electron chi connectivity index (χ0n) is 15.4. The second-order valence-electron chi connectivity index (χ2n) is 6.24. The summed E-state index contributed by atoms with van der Waals surface area (Å²) in [5, 5.41) is 10.8. The van der Waals surface area contributed by atoms with Crippen LogP contribution < -0.4 is 4.80 Å². The second-order valence-corrected chi connectivity index (χ2v) is 7.25. The summed E-state index contributed by atoms with van der Waals surface area (Å²) in [5.41, 5.74) is 3.69. The molecule has 2 aromatic carbocycles. The number of aryl methyl sites for hydroxylation is 2. The lowest BCUT2D eigenvalue weighted by atomic mass is 10.1. The van der Waals surface area contributed by atoms with Crippen LogP contribution in [0.5, 0.6) is 0 Å². The van der Waals surface area contributed by atoms with E-state index in [9.17, 15) is 14.9 Å². The van der Waals surface area contributed by atoms with Gasteiger partial charge in [-0.05, 0) is 42.7 Å². The third-order valence-corrected chi connectivity index (χ3v) is 5.09. The number of aromatic nitrogens is 1. The molecule has 0 spiro atoms. The maximum Gasteiger partial charge on any atom is 0.272 e. The van der Waals surface area contributed by atoms with Crippen molar-refractivity contribution in [2.24, 2.45) is 4.99 Å². The first kappa shape index (κ1) is 19.3. The first-order valence-electron chi connectivity index (χ1n) is 8.44. The number of terminal acetylenes is 1. The number of thiazole rings is 1. The molecular weight excluding hydrogens is 374 g/mol. The number of hydrogen-bond acceptors (Lipinski definition) is 4. The first-order valence-corrected chi connectivity index (χ1v) is 9.26. The largest absolute Gasteiger partial charge is 0.304 e. The zero-order chi connectivity index (χ0) is 20.3. The molecule has 140 valence electrons. The topological polar surface area (TPSA) is 77.5 Å². The van der Waals surface area contributed by atoms with Gasteiger partial charge >= 0.3 is 0 Å². The van der Waals surface area contributed by atoms with E-state index in [1.165, 1.54) is 35.6 Å². The van der Waals surface area contributed by atoms with Crippen LogP contribution in [0.4, 0.5) is 5.69 Å². The smallest absolute Gasteiger partial charge is 0.272 e. The van der Waals surface area contributed by atoms with Crippen LogP contribution in [0.25, 0.3) is 16.3 Å². The maximum atomic E-state index is 12.3. The van der Waals surface area contributed by atoms with Crippen molar-refractivity contribution in [2.45, 2.75) is 20.4 Å². The number of non-ortho nitro benzene ring substituents is 1. The van der Waals surface area contributed by atoms with Crippen LogP contribution >= 0.6 is 11.3 Å². The quantitative estimate of drug-likeness (QED) is 0.292. The van der Waals surface area contributed by atoms with Gasteiger partial charge < -0.3 is 4.57 Å². The molecule has 6 nitrogen and oxygen atoms in total. The summed E-state index contributed by atoms with van der Waals surface area (Å²) in [5.74, 6) is 2.15. The predicted molar refractivity (Wildman–Crippen MR) is 111 cm³/mol. The number of carbonyl (C=O) groups excluding carboxylic acids is 1. The summed E-state index contributed by atoms with van der Waals surface area (Å²) in [4.78, 5) is 27.4. The van der Waals surface area contributed by atoms with E-state index in [1.54, 1.807) is 12.1 Å². The van der Waals surface area contributed by atoms with E-state index < -0.39 is 10.8 Å². The number of nitro benzene ring substituents is 1. The Labute approximate surface area is 165 Å². The van der Waals surface area contributed by atoms with Crippen molar-refractivity contribution >= 4 is 39.2 Å². The molecule has 1 amide bonds. The summed E-state index contributed by atoms with van der Waals surface area (Å²) >= 11 is 1.41. The standard InChI is InChI=1S/C21H17N3O3S/c1-4-10-23-20-15(3)11-14(2)12-18(20)28-21(23)22-19(25)9-8-16-6-5-7-17(13-16)24(26)27/h1,5-9,11-13H,10H2,2-3H3/b9-8+,22-21?. The van der Waals surface area contributed by atoms with Crippen LogP contribution in [-0.2, 0) is 11.3 Å². The van der Waals surface area contributed by atoms with Crippen LogP contribution in [0.15, 0.2) is 47.5 Å². The Morgan fingerprint density at radius 3 is 2.86 bits per heavy atom. The third-order valence-electron chi connectivity index (χ3n) is 4.07. The van der Waals surface area contributed by atoms with Gasteiger partial charge in [0.1, 0.15) is 0 Å². The van der Waals surface area contributed by atoms with Gasteiger partial charge in [0.2, 0.25) is 0 Å². The molecule has 0 saturated carbocycles. The van der Waals surface area contributed by atoms with Gasteiger partial charge in [-0.15, -0.1) is 6.42 Å². The van der Waals surface area contributed by atoms with Crippen molar-refractivity contribution in [3.05, 3.63) is 74.1 Å². The molecule has 0 aliphatic rings. The predicted octanol–water partition coefficient (Wildman–Crippen LogP) is 4.00. The number of amides is 1. The third kappa shape index (κ3) is 4.08. The number of nitrogens with zero attached hydrogens (tertiary/aromatic N) is 3. The molecule has 0 atom stereocenters. The van der Waals surface area contributed by atoms with E-state index in [0.29, 0.717) is 16.9 Å². The summed E-state index contributed by atoms with van der Waals surface area (Å²) in [7, 11) is 0. The molecule has 0 aliphatic carbocycles. The Morgan fingerprint density at radius 2 is 2.14 bits per heavy atom. The number of fused-ring (bicyclic) bond motifs is 1. The van der Waals surface area contributed by atoms with Crippen LogP contribution in [0.3, 0.4) is 0 Å². The first-order chi connectivity index (χ1) is 13.4. The fourth-order valence-electron chi connectivity index (χ4n) is 2.96. The fourth-order valence-corrected chi connectivity index (χ4v) is 4.17. The van der Waals surface area contributed by atoms with E-state index in [2.05, 4.69) is 17.0 Å². The van der Waals surface area contributed by atoms with Gasteiger partial charge in [0.25, 0.3) is 11.6 Å². The van der Waals surface area contributed by atoms with E-state index in [1.807, 2.05) is 24.5 Å². The number of benzene rings is 2. The molecule has 7 heteroatoms. The molecule has 0 unspecified atom stereocenters. The molecule has 1 aromatic heterocycles. The van der Waals surface area contributed by atoms with Crippen LogP contribution in [-0.4, -0.2) is 15.4 Å². The normalized spacial score (nSPS) is 11.8. The monoisotopic (exact) mass is 391 g/mol. The van der Waals surface area contributed by atoms with E-state index in [-0.39, 0.29) is 5.69 Å². The molecule has 0 saturated heterocycles. The summed E-state index contributed by atoms with van der Waals surface area (Å²) < 4.78 is 2.87. The minimum absolute atomic E-state index is 0.0336. The molecule has 28 heavy (non-hydrogen) atoms. The zero-order valence-corrected chi connectivity index (χ0v) is 16.2. The lowest BCUT2D eigenvalue weighted by Gasteiger charge is -2.04. The molecule has 1 heterocycles. The Bertz CT molecular complexity index is 1230. The molecule has 0 fully saturated rings. The Balaban J connectivity index is 2.00. The molecule has 3 aromatic rings. The Morgan fingerprint density at radius 1 is 1.36 bits per heavy atom. The maximum absolute atomic E-state index is 12.3. The van der Waals surface area contributed by atoms with Gasteiger partial charge in [0, 0.05) is 18.2 Å². The SMILES string of the molecule is C#CCn1c(=NC(=O)/C=C/c2cccc([N+](=O)[O-])c2)sc2cc(C)cc(C)c21. The average Bonchev–Trinajstić information content (AvgIpc) is 2.97. The Hall–Kier alpha value is -3.50. The van der Waals surface area contributed by atoms with E-state index in [4.69, 9.17) is 6.42 Å². The minimum atomic E-state index is -0.478. The summed E-state index contributed by atoms with van der Waals surface area (Å²) in [6.07, 6.45) is 8.30. The van der Waals surface area contributed by atoms with Crippen molar-refractivity contribution in [2.75, 3.05) is 0 Å². The highest BCUT2D eigenvalue weighted by atomic mass is 32.1. The van der Waals surface area contributed by atoms with Gasteiger partial charge in [0.15, 0.2) is 4.80 Å². The molecular formula is C21H17N3O3S. The highest BCUT2D eigenvalue weighted by Gasteiger charge is 2.10. The van der Waals surface area contributed by atoms with Gasteiger partial charge in [-0.1, -0.05) is 35.5 Å². The van der Waals surface area contributed by atoms with Crippen molar-refractivity contribution in [1.29, 1.82) is 0 Å². The van der Waals surface area contributed by atoms with Crippen LogP contribution in [0.2, 0.25) is 0 Å². The van der Waals surface area contributed by atoms with Gasteiger partial charge in [-0.3, -0.25) is 14.9 Å². The number of rotatable bonds is 4. The van der Waals surface area contributed by atoms with Crippen molar-refractivity contribution in [3.8, 4) is 12.3 Å². The molecule has 0 bridgehead atoms. The van der Waals surface area contributed by atoms with Gasteiger partial charge in [-0.25, -0.2) is 0 Å². The lowest BCUT2D eigenvalue weighted by molar-refractivity contribution is -0.384. The second kappa shape index (κ2) is 8.03. The van der Waals surface area contributed by atoms with E-state index >= 15 is 0 Å².